The molecule has 0 aliphatic carbocycles. The third-order valence-corrected chi connectivity index (χ3v) is 1.31. The van der Waals surface area contributed by atoms with Crippen LogP contribution < -0.4 is 16.9 Å². The van der Waals surface area contributed by atoms with E-state index < -0.39 is 6.29 Å². The number of rotatable bonds is 3. The molecule has 1 rings (SSSR count). The number of hydrogen-bond acceptors (Lipinski definition) is 5. The molecule has 0 spiro atoms. The molecule has 0 heterocycles. The van der Waals surface area contributed by atoms with Crippen LogP contribution in [0.3, 0.4) is 0 Å². The lowest BCUT2D eigenvalue weighted by Crippen LogP contribution is -2.42. The molecule has 70 valence electrons. The van der Waals surface area contributed by atoms with E-state index in [0.717, 1.165) is 5.56 Å². The number of phenols is 1. The molecule has 1 aromatic rings. The quantitative estimate of drug-likeness (QED) is 0.287. The topological polar surface area (TPSA) is 96.7 Å². The Hall–Kier alpha value is -1.59. The molecule has 0 fully saturated rings. The second kappa shape index (κ2) is 4.44. The SMILES string of the molecule is NC(N)N/N=C/c1cccc(O)c1. The maximum atomic E-state index is 9.09. The first-order valence-corrected chi connectivity index (χ1v) is 3.77. The van der Waals surface area contributed by atoms with Crippen LogP contribution in [0.4, 0.5) is 0 Å². The zero-order chi connectivity index (χ0) is 9.68. The van der Waals surface area contributed by atoms with E-state index in [1.807, 2.05) is 0 Å². The Morgan fingerprint density at radius 1 is 1.46 bits per heavy atom. The highest BCUT2D eigenvalue weighted by Crippen LogP contribution is 2.08. The van der Waals surface area contributed by atoms with E-state index in [4.69, 9.17) is 16.6 Å². The average molecular weight is 180 g/mol. The summed E-state index contributed by atoms with van der Waals surface area (Å²) in [6.45, 7) is 0. The van der Waals surface area contributed by atoms with E-state index >= 15 is 0 Å². The number of aromatic hydroxyl groups is 1. The van der Waals surface area contributed by atoms with Gasteiger partial charge in [0.05, 0.1) is 6.21 Å². The number of benzene rings is 1. The summed E-state index contributed by atoms with van der Waals surface area (Å²) in [5.41, 5.74) is 13.6. The van der Waals surface area contributed by atoms with E-state index in [1.54, 1.807) is 24.3 Å². The number of nitrogens with two attached hydrogens (primary N) is 2. The molecule has 0 atom stereocenters. The van der Waals surface area contributed by atoms with Gasteiger partial charge >= 0.3 is 0 Å². The van der Waals surface area contributed by atoms with Crippen LogP contribution in [-0.2, 0) is 0 Å². The predicted octanol–water partition coefficient (Wildman–Crippen LogP) is -0.483. The Kier molecular flexibility index (Phi) is 3.24. The molecule has 0 unspecified atom stereocenters. The van der Waals surface area contributed by atoms with Gasteiger partial charge in [-0.05, 0) is 17.7 Å². The smallest absolute Gasteiger partial charge is 0.142 e. The van der Waals surface area contributed by atoms with Gasteiger partial charge < -0.3 is 5.11 Å². The molecule has 5 heteroatoms. The van der Waals surface area contributed by atoms with E-state index in [9.17, 15) is 0 Å². The van der Waals surface area contributed by atoms with Crippen molar-refractivity contribution in [3.63, 3.8) is 0 Å². The van der Waals surface area contributed by atoms with Crippen molar-refractivity contribution in [3.8, 4) is 5.75 Å². The van der Waals surface area contributed by atoms with E-state index in [0.29, 0.717) is 0 Å². The number of phenolic OH excluding ortho intramolecular Hbond substituents is 1. The molecular weight excluding hydrogens is 168 g/mol. The molecule has 0 aliphatic heterocycles. The molecule has 0 saturated carbocycles. The van der Waals surface area contributed by atoms with Crippen molar-refractivity contribution >= 4 is 6.21 Å². The summed E-state index contributed by atoms with van der Waals surface area (Å²) in [6.07, 6.45) is 0.848. The molecular formula is C8H12N4O. The Labute approximate surface area is 76.1 Å². The summed E-state index contributed by atoms with van der Waals surface area (Å²) < 4.78 is 0. The number of nitrogens with one attached hydrogen (secondary N) is 1. The average Bonchev–Trinajstić information content (AvgIpc) is 2.03. The van der Waals surface area contributed by atoms with Gasteiger partial charge in [0.25, 0.3) is 0 Å². The van der Waals surface area contributed by atoms with Gasteiger partial charge in [0, 0.05) is 0 Å². The van der Waals surface area contributed by atoms with Crippen molar-refractivity contribution in [1.82, 2.24) is 5.43 Å². The van der Waals surface area contributed by atoms with E-state index in [2.05, 4.69) is 10.5 Å². The molecule has 6 N–H and O–H groups in total. The highest BCUT2D eigenvalue weighted by Gasteiger charge is 1.90. The monoisotopic (exact) mass is 180 g/mol. The first kappa shape index (κ1) is 9.50. The Balaban J connectivity index is 2.58. The first-order valence-electron chi connectivity index (χ1n) is 3.77. The maximum absolute atomic E-state index is 9.09. The van der Waals surface area contributed by atoms with Crippen LogP contribution in [0.15, 0.2) is 29.4 Å². The van der Waals surface area contributed by atoms with Crippen LogP contribution >= 0.6 is 0 Å². The van der Waals surface area contributed by atoms with Crippen LogP contribution in [-0.4, -0.2) is 17.6 Å². The van der Waals surface area contributed by atoms with Crippen LogP contribution in [0.2, 0.25) is 0 Å². The number of nitrogens with zero attached hydrogens (tertiary/aromatic N) is 1. The normalized spacial score (nSPS) is 11.0. The van der Waals surface area contributed by atoms with Crippen LogP contribution in [0.25, 0.3) is 0 Å². The van der Waals surface area contributed by atoms with Crippen molar-refractivity contribution < 1.29 is 5.11 Å². The summed E-state index contributed by atoms with van der Waals surface area (Å²) in [4.78, 5) is 0. The van der Waals surface area contributed by atoms with Gasteiger partial charge in [0.2, 0.25) is 0 Å². The first-order chi connectivity index (χ1) is 6.18. The molecule has 1 aromatic carbocycles. The molecule has 0 amide bonds. The summed E-state index contributed by atoms with van der Waals surface area (Å²) >= 11 is 0. The number of hydrazone groups is 1. The standard InChI is InChI=1S/C8H12N4O/c9-8(10)12-11-5-6-2-1-3-7(13)4-6/h1-5,8,12-13H,9-10H2/b11-5+. The van der Waals surface area contributed by atoms with E-state index in [1.165, 1.54) is 6.21 Å². The molecule has 0 saturated heterocycles. The zero-order valence-electron chi connectivity index (χ0n) is 7.01. The van der Waals surface area contributed by atoms with Crippen LogP contribution in [0, 0.1) is 0 Å². The van der Waals surface area contributed by atoms with Crippen molar-refractivity contribution in [3.05, 3.63) is 29.8 Å². The van der Waals surface area contributed by atoms with Gasteiger partial charge in [0.1, 0.15) is 12.0 Å². The molecule has 0 bridgehead atoms. The van der Waals surface area contributed by atoms with Crippen molar-refractivity contribution in [2.75, 3.05) is 0 Å². The molecule has 13 heavy (non-hydrogen) atoms. The van der Waals surface area contributed by atoms with Gasteiger partial charge in [-0.15, -0.1) is 0 Å². The summed E-state index contributed by atoms with van der Waals surface area (Å²) in [7, 11) is 0. The lowest BCUT2D eigenvalue weighted by atomic mass is 10.2. The van der Waals surface area contributed by atoms with Gasteiger partial charge in [-0.25, -0.2) is 0 Å². The highest BCUT2D eigenvalue weighted by molar-refractivity contribution is 5.79. The fourth-order valence-corrected chi connectivity index (χ4v) is 0.803. The molecule has 0 radical (unpaired) electrons. The van der Waals surface area contributed by atoms with E-state index in [-0.39, 0.29) is 5.75 Å². The Morgan fingerprint density at radius 2 is 2.23 bits per heavy atom. The fourth-order valence-electron chi connectivity index (χ4n) is 0.803. The largest absolute Gasteiger partial charge is 0.508 e. The second-order valence-corrected chi connectivity index (χ2v) is 2.51. The fraction of sp³-hybridized carbons (Fsp3) is 0.125. The maximum Gasteiger partial charge on any atom is 0.142 e. The molecule has 0 aliphatic rings. The summed E-state index contributed by atoms with van der Waals surface area (Å²) in [5.74, 6) is 0.195. The lowest BCUT2D eigenvalue weighted by Gasteiger charge is -2.02. The van der Waals surface area contributed by atoms with Gasteiger partial charge in [0.15, 0.2) is 0 Å². The van der Waals surface area contributed by atoms with Crippen molar-refractivity contribution in [1.29, 1.82) is 0 Å². The van der Waals surface area contributed by atoms with Gasteiger partial charge in [-0.2, -0.15) is 5.10 Å². The molecule has 0 aromatic heterocycles. The van der Waals surface area contributed by atoms with Gasteiger partial charge in [-0.3, -0.25) is 16.9 Å². The summed E-state index contributed by atoms with van der Waals surface area (Å²) in [6, 6.07) is 6.68. The second-order valence-electron chi connectivity index (χ2n) is 2.51. The Bertz CT molecular complexity index is 298. The Morgan fingerprint density at radius 3 is 2.85 bits per heavy atom. The highest BCUT2D eigenvalue weighted by atomic mass is 16.3. The number of hydrogen-bond donors (Lipinski definition) is 4. The minimum absolute atomic E-state index is 0.195. The van der Waals surface area contributed by atoms with Crippen LogP contribution in [0.5, 0.6) is 5.75 Å². The third kappa shape index (κ3) is 3.55. The van der Waals surface area contributed by atoms with Crippen molar-refractivity contribution in [2.24, 2.45) is 16.6 Å². The minimum atomic E-state index is -0.673. The third-order valence-electron chi connectivity index (χ3n) is 1.31. The minimum Gasteiger partial charge on any atom is -0.508 e. The lowest BCUT2D eigenvalue weighted by molar-refractivity contribution is 0.475. The van der Waals surface area contributed by atoms with Gasteiger partial charge in [-0.1, -0.05) is 12.1 Å². The predicted molar refractivity (Wildman–Crippen MR) is 51.0 cm³/mol. The zero-order valence-corrected chi connectivity index (χ0v) is 7.01. The molecule has 5 nitrogen and oxygen atoms in total. The van der Waals surface area contributed by atoms with Crippen LogP contribution in [0.1, 0.15) is 5.56 Å². The summed E-state index contributed by atoms with van der Waals surface area (Å²) in [5, 5.41) is 12.8. The van der Waals surface area contributed by atoms with Crippen molar-refractivity contribution in [2.45, 2.75) is 6.29 Å².